The van der Waals surface area contributed by atoms with Gasteiger partial charge in [-0.15, -0.1) is 0 Å². The molecule has 3 atom stereocenters. The third kappa shape index (κ3) is 3.16. The van der Waals surface area contributed by atoms with Gasteiger partial charge in [0.05, 0.1) is 12.2 Å². The highest BCUT2D eigenvalue weighted by molar-refractivity contribution is 5.13. The van der Waals surface area contributed by atoms with E-state index in [-0.39, 0.29) is 5.54 Å². The lowest BCUT2D eigenvalue weighted by Gasteiger charge is -2.44. The number of hydrogen-bond donors (Lipinski definition) is 1. The molecule has 0 spiro atoms. The first-order valence-corrected chi connectivity index (χ1v) is 8.20. The molecule has 3 rings (SSSR count). The molecule has 4 nitrogen and oxygen atoms in total. The second-order valence-corrected chi connectivity index (χ2v) is 6.86. The zero-order valence-electron chi connectivity index (χ0n) is 12.6. The van der Waals surface area contributed by atoms with E-state index >= 15 is 0 Å². The summed E-state index contributed by atoms with van der Waals surface area (Å²) < 4.78 is 5.54. The molecule has 1 saturated heterocycles. The first-order chi connectivity index (χ1) is 9.74. The first kappa shape index (κ1) is 14.3. The van der Waals surface area contributed by atoms with Crippen molar-refractivity contribution in [1.29, 1.82) is 5.26 Å². The molecule has 0 radical (unpaired) electrons. The molecular formula is C16H27N3O. The van der Waals surface area contributed by atoms with Crippen LogP contribution in [-0.4, -0.2) is 48.8 Å². The highest BCUT2D eigenvalue weighted by Gasteiger charge is 2.42. The number of piperidine rings is 1. The molecule has 2 saturated carbocycles. The molecule has 0 amide bonds. The molecule has 0 aromatic heterocycles. The van der Waals surface area contributed by atoms with Gasteiger partial charge < -0.3 is 4.74 Å². The first-order valence-electron chi connectivity index (χ1n) is 8.20. The Morgan fingerprint density at radius 1 is 1.25 bits per heavy atom. The number of nitrogens with one attached hydrogen (secondary N) is 1. The topological polar surface area (TPSA) is 48.3 Å². The molecule has 4 heteroatoms. The summed E-state index contributed by atoms with van der Waals surface area (Å²) in [7, 11) is 1.82. The van der Waals surface area contributed by atoms with Gasteiger partial charge in [-0.2, -0.15) is 5.26 Å². The largest absolute Gasteiger partial charge is 0.380 e. The van der Waals surface area contributed by atoms with E-state index in [0.29, 0.717) is 18.2 Å². The van der Waals surface area contributed by atoms with Gasteiger partial charge in [0, 0.05) is 25.7 Å². The molecule has 0 aromatic rings. The van der Waals surface area contributed by atoms with E-state index < -0.39 is 0 Å². The van der Waals surface area contributed by atoms with Crippen molar-refractivity contribution in [3.63, 3.8) is 0 Å². The quantitative estimate of drug-likeness (QED) is 0.854. The molecule has 2 aliphatic carbocycles. The monoisotopic (exact) mass is 277 g/mol. The maximum atomic E-state index is 9.68. The van der Waals surface area contributed by atoms with Crippen molar-refractivity contribution in [2.75, 3.05) is 20.2 Å². The zero-order chi connectivity index (χ0) is 14.0. The van der Waals surface area contributed by atoms with E-state index in [1.807, 2.05) is 7.11 Å². The molecule has 1 N–H and O–H groups in total. The summed E-state index contributed by atoms with van der Waals surface area (Å²) in [5, 5.41) is 13.3. The Morgan fingerprint density at radius 2 is 2.10 bits per heavy atom. The molecule has 20 heavy (non-hydrogen) atoms. The summed E-state index contributed by atoms with van der Waals surface area (Å²) in [4.78, 5) is 2.58. The van der Waals surface area contributed by atoms with Crippen LogP contribution in [0.5, 0.6) is 0 Å². The van der Waals surface area contributed by atoms with Crippen LogP contribution in [0.15, 0.2) is 0 Å². The SMILES string of the molecule is COC1CCCN(C2CCCC(C#N)(NC3CC3)C2)C1. The van der Waals surface area contributed by atoms with Gasteiger partial charge in [-0.1, -0.05) is 0 Å². The molecule has 112 valence electrons. The lowest BCUT2D eigenvalue weighted by atomic mass is 9.78. The van der Waals surface area contributed by atoms with Crippen LogP contribution in [0.2, 0.25) is 0 Å². The highest BCUT2D eigenvalue weighted by atomic mass is 16.5. The van der Waals surface area contributed by atoms with Crippen LogP contribution >= 0.6 is 0 Å². The maximum Gasteiger partial charge on any atom is 0.108 e. The van der Waals surface area contributed by atoms with E-state index in [9.17, 15) is 5.26 Å². The van der Waals surface area contributed by atoms with E-state index in [4.69, 9.17) is 4.74 Å². The van der Waals surface area contributed by atoms with Crippen molar-refractivity contribution in [2.45, 2.75) is 75.1 Å². The van der Waals surface area contributed by atoms with Gasteiger partial charge in [-0.25, -0.2) is 0 Å². The normalized spacial score (nSPS) is 39.4. The van der Waals surface area contributed by atoms with Gasteiger partial charge >= 0.3 is 0 Å². The molecule has 1 heterocycles. The fraction of sp³-hybridized carbons (Fsp3) is 0.938. The average Bonchev–Trinajstić information content (AvgIpc) is 3.31. The van der Waals surface area contributed by atoms with E-state index in [2.05, 4.69) is 16.3 Å². The number of nitrogens with zero attached hydrogens (tertiary/aromatic N) is 2. The zero-order valence-corrected chi connectivity index (χ0v) is 12.6. The fourth-order valence-electron chi connectivity index (χ4n) is 3.93. The van der Waals surface area contributed by atoms with Gasteiger partial charge in [-0.05, 0) is 57.9 Å². The Morgan fingerprint density at radius 3 is 2.80 bits per heavy atom. The van der Waals surface area contributed by atoms with Gasteiger partial charge in [0.1, 0.15) is 5.54 Å². The van der Waals surface area contributed by atoms with Crippen LogP contribution in [0.1, 0.15) is 51.4 Å². The smallest absolute Gasteiger partial charge is 0.108 e. The van der Waals surface area contributed by atoms with Crippen LogP contribution in [0.25, 0.3) is 0 Å². The minimum Gasteiger partial charge on any atom is -0.380 e. The van der Waals surface area contributed by atoms with E-state index in [1.165, 1.54) is 45.1 Å². The van der Waals surface area contributed by atoms with Gasteiger partial charge in [-0.3, -0.25) is 10.2 Å². The standard InChI is InChI=1S/C16H27N3O/c1-20-15-5-3-9-19(11-15)14-4-2-8-16(10-14,12-17)18-13-6-7-13/h13-15,18H,2-11H2,1H3. The summed E-state index contributed by atoms with van der Waals surface area (Å²) in [6.07, 6.45) is 9.74. The number of methoxy groups -OCH3 is 1. The third-order valence-electron chi connectivity index (χ3n) is 5.26. The number of likely N-dealkylation sites (tertiary alicyclic amines) is 1. The van der Waals surface area contributed by atoms with Gasteiger partial charge in [0.25, 0.3) is 0 Å². The molecule has 3 unspecified atom stereocenters. The number of ether oxygens (including phenoxy) is 1. The second-order valence-electron chi connectivity index (χ2n) is 6.86. The molecule has 0 aromatic carbocycles. The lowest BCUT2D eigenvalue weighted by molar-refractivity contribution is 0.00142. The lowest BCUT2D eigenvalue weighted by Crippen LogP contribution is -2.55. The number of nitriles is 1. The third-order valence-corrected chi connectivity index (χ3v) is 5.26. The summed E-state index contributed by atoms with van der Waals surface area (Å²) in [5.41, 5.74) is -0.260. The summed E-state index contributed by atoms with van der Waals surface area (Å²) in [5.74, 6) is 0. The Balaban J connectivity index is 1.63. The molecule has 0 bridgehead atoms. The van der Waals surface area contributed by atoms with Crippen LogP contribution in [0.3, 0.4) is 0 Å². The Bertz CT molecular complexity index is 376. The average molecular weight is 277 g/mol. The summed E-state index contributed by atoms with van der Waals surface area (Å²) >= 11 is 0. The van der Waals surface area contributed by atoms with Crippen molar-refractivity contribution in [3.05, 3.63) is 0 Å². The number of hydrogen-bond acceptors (Lipinski definition) is 4. The van der Waals surface area contributed by atoms with E-state index in [0.717, 1.165) is 19.4 Å². The predicted octanol–water partition coefficient (Wildman–Crippen LogP) is 2.05. The van der Waals surface area contributed by atoms with Crippen LogP contribution in [0.4, 0.5) is 0 Å². The van der Waals surface area contributed by atoms with Crippen molar-refractivity contribution in [3.8, 4) is 6.07 Å². The van der Waals surface area contributed by atoms with Crippen LogP contribution in [-0.2, 0) is 4.74 Å². The minimum atomic E-state index is -0.260. The molecule has 1 aliphatic heterocycles. The van der Waals surface area contributed by atoms with Crippen LogP contribution in [0, 0.1) is 11.3 Å². The Labute approximate surface area is 122 Å². The highest BCUT2D eigenvalue weighted by Crippen LogP contribution is 2.35. The predicted molar refractivity (Wildman–Crippen MR) is 78.4 cm³/mol. The molecular weight excluding hydrogens is 250 g/mol. The minimum absolute atomic E-state index is 0.260. The van der Waals surface area contributed by atoms with Crippen molar-refractivity contribution in [1.82, 2.24) is 10.2 Å². The van der Waals surface area contributed by atoms with E-state index in [1.54, 1.807) is 0 Å². The molecule has 3 fully saturated rings. The fourth-order valence-corrected chi connectivity index (χ4v) is 3.93. The molecule has 3 aliphatic rings. The van der Waals surface area contributed by atoms with Gasteiger partial charge in [0.15, 0.2) is 0 Å². The van der Waals surface area contributed by atoms with Crippen LogP contribution < -0.4 is 5.32 Å². The van der Waals surface area contributed by atoms with Crippen molar-refractivity contribution < 1.29 is 4.74 Å². The Hall–Kier alpha value is -0.630. The Kier molecular flexibility index (Phi) is 4.30. The van der Waals surface area contributed by atoms with Crippen molar-refractivity contribution >= 4 is 0 Å². The van der Waals surface area contributed by atoms with Crippen molar-refractivity contribution in [2.24, 2.45) is 0 Å². The second kappa shape index (κ2) is 6.01. The number of rotatable bonds is 4. The summed E-state index contributed by atoms with van der Waals surface area (Å²) in [6.45, 7) is 2.22. The summed E-state index contributed by atoms with van der Waals surface area (Å²) in [6, 6.07) is 3.79. The van der Waals surface area contributed by atoms with Gasteiger partial charge in [0.2, 0.25) is 0 Å². The maximum absolute atomic E-state index is 9.68.